The van der Waals surface area contributed by atoms with Gasteiger partial charge in [-0.05, 0) is 81.8 Å². The van der Waals surface area contributed by atoms with Gasteiger partial charge in [-0.25, -0.2) is 14.4 Å². The van der Waals surface area contributed by atoms with Crippen molar-refractivity contribution in [2.75, 3.05) is 32.6 Å². The molecule has 41 heavy (non-hydrogen) atoms. The molecule has 0 spiro atoms. The average Bonchev–Trinajstić information content (AvgIpc) is 3.31. The number of hydrogen-bond donors (Lipinski definition) is 1. The second-order valence-electron chi connectivity index (χ2n) is 10.7. The van der Waals surface area contributed by atoms with Crippen molar-refractivity contribution in [2.45, 2.75) is 38.5 Å². The maximum Gasteiger partial charge on any atom is 0.248 e. The predicted octanol–water partition coefficient (Wildman–Crippen LogP) is 5.24. The summed E-state index contributed by atoms with van der Waals surface area (Å²) < 4.78 is 22.3. The molecule has 0 unspecified atom stereocenters. The molecule has 0 aliphatic carbocycles. The number of carbonyl (C=O) groups is 1. The van der Waals surface area contributed by atoms with Crippen LogP contribution < -0.4 is 10.5 Å². The van der Waals surface area contributed by atoms with Crippen LogP contribution in [0.4, 0.5) is 4.39 Å². The second-order valence-corrected chi connectivity index (χ2v) is 13.3. The van der Waals surface area contributed by atoms with Gasteiger partial charge in [0.25, 0.3) is 0 Å². The highest BCUT2D eigenvalue weighted by Gasteiger charge is 2.24. The zero-order valence-electron chi connectivity index (χ0n) is 23.4. The van der Waals surface area contributed by atoms with Gasteiger partial charge < -0.3 is 15.0 Å². The summed E-state index contributed by atoms with van der Waals surface area (Å²) in [6, 6.07) is 17.5. The molecule has 0 radical (unpaired) electrons. The molecule has 10 heteroatoms. The summed E-state index contributed by atoms with van der Waals surface area (Å²) in [4.78, 5) is 23.9. The lowest BCUT2D eigenvalue weighted by atomic mass is 9.93. The molecule has 5 rings (SSSR count). The second kappa shape index (κ2) is 12.8. The van der Waals surface area contributed by atoms with E-state index < -0.39 is 11.7 Å². The molecular formula is C31H34FN6O2P. The third-order valence-corrected chi connectivity index (χ3v) is 8.65. The number of likely N-dealkylation sites (tertiary alicyclic amines) is 1. The van der Waals surface area contributed by atoms with Gasteiger partial charge in [-0.1, -0.05) is 12.1 Å². The van der Waals surface area contributed by atoms with Crippen molar-refractivity contribution in [1.29, 1.82) is 5.26 Å². The number of halogens is 1. The fraction of sp³-hybridized carbons (Fsp3) is 0.355. The monoisotopic (exact) mass is 572 g/mol. The molecule has 3 heterocycles. The van der Waals surface area contributed by atoms with E-state index in [4.69, 9.17) is 25.7 Å². The summed E-state index contributed by atoms with van der Waals surface area (Å²) in [5.41, 5.74) is 9.55. The number of primary amides is 1. The minimum Gasteiger partial charge on any atom is -0.473 e. The van der Waals surface area contributed by atoms with E-state index in [0.29, 0.717) is 22.9 Å². The van der Waals surface area contributed by atoms with Crippen molar-refractivity contribution in [3.8, 4) is 11.9 Å². The number of carbonyl (C=O) groups excluding carboxylic acids is 1. The van der Waals surface area contributed by atoms with Gasteiger partial charge >= 0.3 is 0 Å². The lowest BCUT2D eigenvalue weighted by Gasteiger charge is -2.31. The Morgan fingerprint density at radius 1 is 1.15 bits per heavy atom. The number of piperidine rings is 1. The van der Waals surface area contributed by atoms with Crippen molar-refractivity contribution in [1.82, 2.24) is 19.4 Å². The Kier molecular flexibility index (Phi) is 8.92. The molecule has 0 saturated carbocycles. The summed E-state index contributed by atoms with van der Waals surface area (Å²) >= 11 is 0. The molecule has 8 nitrogen and oxygen atoms in total. The van der Waals surface area contributed by atoms with Crippen molar-refractivity contribution in [3.05, 3.63) is 88.6 Å². The zero-order valence-corrected chi connectivity index (χ0v) is 24.3. The smallest absolute Gasteiger partial charge is 0.248 e. The molecule has 0 atom stereocenters. The highest BCUT2D eigenvalue weighted by atomic mass is 31.1. The zero-order chi connectivity index (χ0) is 28.9. The molecule has 2 aromatic heterocycles. The van der Waals surface area contributed by atoms with Crippen molar-refractivity contribution < 1.29 is 13.9 Å². The molecule has 1 saturated heterocycles. The maximum atomic E-state index is 14.2. The number of rotatable bonds is 10. The minimum atomic E-state index is -0.459. The third-order valence-electron chi connectivity index (χ3n) is 7.56. The SMILES string of the molecule is CP(C)CCn1c(CN2CCC(c3cccc(OCc4ccc(C#N)cc4F)n3)CC2)nc2ccc(C(N)=O)cc21. The predicted molar refractivity (Wildman–Crippen MR) is 159 cm³/mol. The molecule has 2 aromatic carbocycles. The number of imidazole rings is 1. The van der Waals surface area contributed by atoms with Gasteiger partial charge in [0, 0.05) is 35.3 Å². The number of aromatic nitrogens is 3. The number of pyridine rings is 1. The molecule has 2 N–H and O–H groups in total. The van der Waals surface area contributed by atoms with Crippen LogP contribution in [0.3, 0.4) is 0 Å². The first-order valence-electron chi connectivity index (χ1n) is 13.7. The van der Waals surface area contributed by atoms with Crippen LogP contribution in [0.15, 0.2) is 54.6 Å². The largest absolute Gasteiger partial charge is 0.473 e. The van der Waals surface area contributed by atoms with E-state index in [9.17, 15) is 9.18 Å². The van der Waals surface area contributed by atoms with Crippen LogP contribution in [-0.2, 0) is 19.7 Å². The maximum absolute atomic E-state index is 14.2. The van der Waals surface area contributed by atoms with Gasteiger partial charge in [-0.2, -0.15) is 5.26 Å². The number of nitrogens with zero attached hydrogens (tertiary/aromatic N) is 5. The lowest BCUT2D eigenvalue weighted by Crippen LogP contribution is -2.33. The van der Waals surface area contributed by atoms with Gasteiger partial charge in [-0.3, -0.25) is 9.69 Å². The quantitative estimate of drug-likeness (QED) is 0.260. The van der Waals surface area contributed by atoms with E-state index >= 15 is 0 Å². The average molecular weight is 573 g/mol. The van der Waals surface area contributed by atoms with Crippen molar-refractivity contribution in [2.24, 2.45) is 5.73 Å². The number of hydrogen-bond acceptors (Lipinski definition) is 6. The first-order chi connectivity index (χ1) is 19.8. The van der Waals surface area contributed by atoms with Crippen LogP contribution >= 0.6 is 7.92 Å². The molecule has 0 bridgehead atoms. The standard InChI is InChI=1S/C31H34FN6O2P/c1-41(2)15-14-38-28-17-23(31(34)39)8-9-27(28)35-29(38)19-37-12-10-22(11-13-37)26-4-3-5-30(36-26)40-20-24-7-6-21(18-33)16-25(24)32/h3-9,16-17,22H,10-15,19-20H2,1-2H3,(H2,34,39). The number of nitriles is 1. The van der Waals surface area contributed by atoms with Crippen molar-refractivity contribution in [3.63, 3.8) is 0 Å². The van der Waals surface area contributed by atoms with E-state index in [2.05, 4.69) is 22.8 Å². The van der Waals surface area contributed by atoms with Gasteiger partial charge in [0.1, 0.15) is 18.2 Å². The molecule has 212 valence electrons. The Balaban J connectivity index is 1.23. The van der Waals surface area contributed by atoms with Gasteiger partial charge in [0.15, 0.2) is 0 Å². The van der Waals surface area contributed by atoms with E-state index in [1.54, 1.807) is 24.3 Å². The summed E-state index contributed by atoms with van der Waals surface area (Å²) in [6.07, 6.45) is 3.00. The van der Waals surface area contributed by atoms with Crippen LogP contribution in [0.2, 0.25) is 0 Å². The van der Waals surface area contributed by atoms with Crippen molar-refractivity contribution >= 4 is 24.9 Å². The number of benzene rings is 2. The summed E-state index contributed by atoms with van der Waals surface area (Å²) in [7, 11) is -0.0685. The number of amides is 1. The van der Waals surface area contributed by atoms with E-state index in [-0.39, 0.29) is 20.1 Å². The van der Waals surface area contributed by atoms with Gasteiger partial charge in [-0.15, -0.1) is 7.92 Å². The lowest BCUT2D eigenvalue weighted by molar-refractivity contribution is 0.100. The number of ether oxygens (including phenoxy) is 1. The van der Waals surface area contributed by atoms with Gasteiger partial charge in [0.05, 0.1) is 29.2 Å². The Labute approximate surface area is 240 Å². The number of fused-ring (bicyclic) bond motifs is 1. The summed E-state index contributed by atoms with van der Waals surface area (Å²) in [5.74, 6) is 0.896. The van der Waals surface area contributed by atoms with Crippen LogP contribution in [0.1, 0.15) is 51.8 Å². The number of nitrogens with two attached hydrogens (primary N) is 1. The highest BCUT2D eigenvalue weighted by molar-refractivity contribution is 7.55. The molecule has 1 fully saturated rings. The van der Waals surface area contributed by atoms with Crippen LogP contribution in [0.5, 0.6) is 5.88 Å². The summed E-state index contributed by atoms with van der Waals surface area (Å²) in [5, 5.41) is 8.93. The Morgan fingerprint density at radius 2 is 1.95 bits per heavy atom. The summed E-state index contributed by atoms with van der Waals surface area (Å²) in [6.45, 7) is 8.03. The minimum absolute atomic E-state index is 0.0480. The first kappa shape index (κ1) is 28.7. The fourth-order valence-electron chi connectivity index (χ4n) is 5.21. The van der Waals surface area contributed by atoms with Gasteiger partial charge in [0.2, 0.25) is 11.8 Å². The molecular weight excluding hydrogens is 538 g/mol. The Morgan fingerprint density at radius 3 is 2.66 bits per heavy atom. The third kappa shape index (κ3) is 6.90. The Hall–Kier alpha value is -3.86. The van der Waals surface area contributed by atoms with E-state index in [1.807, 2.05) is 30.3 Å². The topological polar surface area (TPSA) is 110 Å². The first-order valence-corrected chi connectivity index (χ1v) is 16.2. The van der Waals surface area contributed by atoms with E-state index in [0.717, 1.165) is 67.7 Å². The molecule has 4 aromatic rings. The normalized spacial score (nSPS) is 14.4. The Bertz CT molecular complexity index is 1590. The molecule has 1 amide bonds. The number of aryl methyl sites for hydroxylation is 1. The van der Waals surface area contributed by atoms with Crippen LogP contribution in [0.25, 0.3) is 11.0 Å². The molecule has 1 aliphatic rings. The van der Waals surface area contributed by atoms with Crippen LogP contribution in [-0.4, -0.2) is 57.9 Å². The fourth-order valence-corrected chi connectivity index (χ4v) is 5.81. The van der Waals surface area contributed by atoms with Crippen LogP contribution in [0, 0.1) is 17.1 Å². The van der Waals surface area contributed by atoms with E-state index in [1.165, 1.54) is 6.07 Å². The molecule has 1 aliphatic heterocycles. The highest BCUT2D eigenvalue weighted by Crippen LogP contribution is 2.30.